The lowest BCUT2D eigenvalue weighted by Gasteiger charge is -2.16. The molecule has 0 N–H and O–H groups in total. The molecule has 0 spiro atoms. The van der Waals surface area contributed by atoms with E-state index >= 15 is 0 Å². The van der Waals surface area contributed by atoms with Crippen molar-refractivity contribution in [1.29, 1.82) is 0 Å². The molecular formula is C20H16Cl2FNO2. The zero-order chi connectivity index (χ0) is 18.7. The highest BCUT2D eigenvalue weighted by molar-refractivity contribution is 6.35. The van der Waals surface area contributed by atoms with Crippen molar-refractivity contribution < 1.29 is 9.13 Å². The van der Waals surface area contributed by atoms with Gasteiger partial charge in [-0.3, -0.25) is 4.79 Å². The second-order valence-electron chi connectivity index (χ2n) is 5.84. The number of hydrogen-bond acceptors (Lipinski definition) is 2. The summed E-state index contributed by atoms with van der Waals surface area (Å²) < 4.78 is 20.7. The number of benzene rings is 2. The van der Waals surface area contributed by atoms with E-state index in [0.29, 0.717) is 27.8 Å². The monoisotopic (exact) mass is 391 g/mol. The zero-order valence-electron chi connectivity index (χ0n) is 14.0. The zero-order valence-corrected chi connectivity index (χ0v) is 15.5. The van der Waals surface area contributed by atoms with Crippen molar-refractivity contribution in [3.8, 4) is 5.75 Å². The van der Waals surface area contributed by atoms with Crippen LogP contribution in [0.4, 0.5) is 4.39 Å². The number of aromatic nitrogens is 1. The third-order valence-electron chi connectivity index (χ3n) is 4.08. The summed E-state index contributed by atoms with van der Waals surface area (Å²) >= 11 is 12.3. The Kier molecular flexibility index (Phi) is 5.64. The molecule has 3 rings (SSSR count). The molecule has 3 nitrogen and oxygen atoms in total. The van der Waals surface area contributed by atoms with Crippen molar-refractivity contribution in [2.75, 3.05) is 0 Å². The number of pyridine rings is 1. The van der Waals surface area contributed by atoms with Crippen molar-refractivity contribution >= 4 is 23.2 Å². The molecule has 0 amide bonds. The standard InChI is InChI=1S/C20H16Cl2FNO2/c1-13-20(26-12-16-17(21)3-2-4-18(16)22)19(25)9-10-24(13)11-14-5-7-15(23)8-6-14/h2-10H,11-12H2,1H3. The molecule has 1 aromatic heterocycles. The van der Waals surface area contributed by atoms with E-state index in [1.807, 2.05) is 4.57 Å². The van der Waals surface area contributed by atoms with E-state index in [0.717, 1.165) is 5.56 Å². The summed E-state index contributed by atoms with van der Waals surface area (Å²) in [6.07, 6.45) is 1.69. The average Bonchev–Trinajstić information content (AvgIpc) is 2.61. The Labute approximate surface area is 160 Å². The second kappa shape index (κ2) is 7.94. The van der Waals surface area contributed by atoms with Crippen LogP contribution in [0.5, 0.6) is 5.75 Å². The smallest absolute Gasteiger partial charge is 0.223 e. The topological polar surface area (TPSA) is 31.2 Å². The molecule has 0 bridgehead atoms. The molecule has 26 heavy (non-hydrogen) atoms. The summed E-state index contributed by atoms with van der Waals surface area (Å²) in [5.41, 5.74) is 1.99. The first-order valence-corrected chi connectivity index (χ1v) is 8.71. The van der Waals surface area contributed by atoms with Crippen LogP contribution in [0.1, 0.15) is 16.8 Å². The molecule has 134 valence electrons. The Morgan fingerprint density at radius 3 is 2.35 bits per heavy atom. The number of nitrogens with zero attached hydrogens (tertiary/aromatic N) is 1. The lowest BCUT2D eigenvalue weighted by Crippen LogP contribution is -2.15. The van der Waals surface area contributed by atoms with Crippen molar-refractivity contribution in [3.63, 3.8) is 0 Å². The quantitative estimate of drug-likeness (QED) is 0.596. The maximum Gasteiger partial charge on any atom is 0.223 e. The van der Waals surface area contributed by atoms with E-state index in [4.69, 9.17) is 27.9 Å². The van der Waals surface area contributed by atoms with Gasteiger partial charge in [0.15, 0.2) is 5.75 Å². The van der Waals surface area contributed by atoms with Crippen LogP contribution in [0.3, 0.4) is 0 Å². The molecule has 0 radical (unpaired) electrons. The SMILES string of the molecule is Cc1c(OCc2c(Cl)cccc2Cl)c(=O)ccn1Cc1ccc(F)cc1. The molecular weight excluding hydrogens is 376 g/mol. The molecule has 0 saturated heterocycles. The van der Waals surface area contributed by atoms with Gasteiger partial charge in [-0.2, -0.15) is 0 Å². The van der Waals surface area contributed by atoms with Crippen LogP contribution in [0.25, 0.3) is 0 Å². The fraction of sp³-hybridized carbons (Fsp3) is 0.150. The second-order valence-corrected chi connectivity index (χ2v) is 6.65. The first-order valence-electron chi connectivity index (χ1n) is 7.96. The molecule has 0 fully saturated rings. The number of ether oxygens (including phenoxy) is 1. The first kappa shape index (κ1) is 18.5. The van der Waals surface area contributed by atoms with Gasteiger partial charge in [0.25, 0.3) is 0 Å². The van der Waals surface area contributed by atoms with Gasteiger partial charge in [0.1, 0.15) is 12.4 Å². The van der Waals surface area contributed by atoms with Gasteiger partial charge in [0.2, 0.25) is 5.43 Å². The van der Waals surface area contributed by atoms with E-state index < -0.39 is 0 Å². The molecule has 3 aromatic rings. The summed E-state index contributed by atoms with van der Waals surface area (Å²) in [4.78, 5) is 12.2. The highest BCUT2D eigenvalue weighted by atomic mass is 35.5. The lowest BCUT2D eigenvalue weighted by molar-refractivity contribution is 0.297. The predicted octanol–water partition coefficient (Wildman–Crippen LogP) is 5.23. The van der Waals surface area contributed by atoms with Gasteiger partial charge in [-0.1, -0.05) is 41.4 Å². The van der Waals surface area contributed by atoms with Gasteiger partial charge in [-0.25, -0.2) is 4.39 Å². The summed E-state index contributed by atoms with van der Waals surface area (Å²) in [6.45, 7) is 2.39. The molecule has 0 aliphatic heterocycles. The molecule has 1 heterocycles. The summed E-state index contributed by atoms with van der Waals surface area (Å²) in [6, 6.07) is 12.9. The van der Waals surface area contributed by atoms with Gasteiger partial charge in [-0.15, -0.1) is 0 Å². The fourth-order valence-electron chi connectivity index (χ4n) is 2.60. The third kappa shape index (κ3) is 4.09. The van der Waals surface area contributed by atoms with E-state index in [-0.39, 0.29) is 23.6 Å². The minimum absolute atomic E-state index is 0.0924. The number of hydrogen-bond donors (Lipinski definition) is 0. The van der Waals surface area contributed by atoms with Crippen LogP contribution in [0.15, 0.2) is 59.5 Å². The highest BCUT2D eigenvalue weighted by Gasteiger charge is 2.12. The van der Waals surface area contributed by atoms with Gasteiger partial charge >= 0.3 is 0 Å². The Morgan fingerprint density at radius 2 is 1.69 bits per heavy atom. The molecule has 0 saturated carbocycles. The van der Waals surface area contributed by atoms with E-state index in [2.05, 4.69) is 0 Å². The maximum atomic E-state index is 13.1. The Bertz CT molecular complexity index is 964. The van der Waals surface area contributed by atoms with Crippen LogP contribution in [0.2, 0.25) is 10.0 Å². The minimum Gasteiger partial charge on any atom is -0.483 e. The van der Waals surface area contributed by atoms with Gasteiger partial charge in [-0.05, 0) is 36.8 Å². The minimum atomic E-state index is -0.286. The number of halogens is 3. The van der Waals surface area contributed by atoms with Crippen LogP contribution in [-0.2, 0) is 13.2 Å². The normalized spacial score (nSPS) is 10.8. The summed E-state index contributed by atoms with van der Waals surface area (Å²) in [7, 11) is 0. The Balaban J connectivity index is 1.85. The van der Waals surface area contributed by atoms with Crippen LogP contribution in [0, 0.1) is 12.7 Å². The molecule has 6 heteroatoms. The van der Waals surface area contributed by atoms with Crippen molar-refractivity contribution in [3.05, 3.63) is 97.6 Å². The van der Waals surface area contributed by atoms with Gasteiger partial charge < -0.3 is 9.30 Å². The summed E-state index contributed by atoms with van der Waals surface area (Å²) in [5.74, 6) is -0.0448. The molecule has 0 unspecified atom stereocenters. The third-order valence-corrected chi connectivity index (χ3v) is 4.79. The highest BCUT2D eigenvalue weighted by Crippen LogP contribution is 2.26. The average molecular weight is 392 g/mol. The van der Waals surface area contributed by atoms with Crippen molar-refractivity contribution in [2.24, 2.45) is 0 Å². The van der Waals surface area contributed by atoms with Crippen molar-refractivity contribution in [2.45, 2.75) is 20.1 Å². The lowest BCUT2D eigenvalue weighted by atomic mass is 10.2. The van der Waals surface area contributed by atoms with Crippen LogP contribution < -0.4 is 10.2 Å². The van der Waals surface area contributed by atoms with Gasteiger partial charge in [0, 0.05) is 34.4 Å². The van der Waals surface area contributed by atoms with E-state index in [9.17, 15) is 9.18 Å². The molecule has 0 atom stereocenters. The first-order chi connectivity index (χ1) is 12.5. The number of rotatable bonds is 5. The largest absolute Gasteiger partial charge is 0.483 e. The van der Waals surface area contributed by atoms with E-state index in [1.54, 1.807) is 43.5 Å². The van der Waals surface area contributed by atoms with Crippen LogP contribution in [-0.4, -0.2) is 4.57 Å². The Morgan fingerprint density at radius 1 is 1.04 bits per heavy atom. The van der Waals surface area contributed by atoms with Gasteiger partial charge in [0.05, 0.1) is 5.69 Å². The summed E-state index contributed by atoms with van der Waals surface area (Å²) in [5, 5.41) is 0.968. The predicted molar refractivity (Wildman–Crippen MR) is 102 cm³/mol. The molecule has 2 aromatic carbocycles. The molecule has 0 aliphatic carbocycles. The maximum absolute atomic E-state index is 13.1. The van der Waals surface area contributed by atoms with Crippen LogP contribution >= 0.6 is 23.2 Å². The molecule has 0 aliphatic rings. The van der Waals surface area contributed by atoms with E-state index in [1.165, 1.54) is 18.2 Å². The Hall–Kier alpha value is -2.30. The fourth-order valence-corrected chi connectivity index (χ4v) is 3.11. The van der Waals surface area contributed by atoms with Crippen molar-refractivity contribution in [1.82, 2.24) is 4.57 Å².